The van der Waals surface area contributed by atoms with Crippen molar-refractivity contribution < 1.29 is 14.3 Å². The molecule has 0 N–H and O–H groups in total. The predicted octanol–water partition coefficient (Wildman–Crippen LogP) is 2.53. The summed E-state index contributed by atoms with van der Waals surface area (Å²) in [6.45, 7) is 3.44. The summed E-state index contributed by atoms with van der Waals surface area (Å²) in [7, 11) is 1.80. The summed E-state index contributed by atoms with van der Waals surface area (Å²) in [5.74, 6) is 0.318. The van der Waals surface area contributed by atoms with E-state index in [1.807, 2.05) is 43.3 Å². The van der Waals surface area contributed by atoms with E-state index >= 15 is 0 Å². The zero-order valence-electron chi connectivity index (χ0n) is 15.8. The van der Waals surface area contributed by atoms with Gasteiger partial charge in [-0.15, -0.1) is 0 Å². The van der Waals surface area contributed by atoms with Crippen LogP contribution in [0, 0.1) is 5.92 Å². The van der Waals surface area contributed by atoms with Crippen molar-refractivity contribution in [2.24, 2.45) is 5.92 Å². The standard InChI is InChI=1S/C21H25N3O3/c1-3-27-19-7-5-4-6-18(19)24-15-17(14-20(24)25)21(26)23(2)13-10-16-8-11-22-12-9-16/h4-9,11-12,17H,3,10,13-15H2,1-2H3. The first-order valence-electron chi connectivity index (χ1n) is 9.26. The monoisotopic (exact) mass is 367 g/mol. The van der Waals surface area contributed by atoms with Crippen molar-refractivity contribution in [1.29, 1.82) is 0 Å². The number of nitrogens with zero attached hydrogens (tertiary/aromatic N) is 3. The van der Waals surface area contributed by atoms with Gasteiger partial charge < -0.3 is 14.5 Å². The Kier molecular flexibility index (Phi) is 6.06. The smallest absolute Gasteiger partial charge is 0.227 e. The third kappa shape index (κ3) is 4.45. The molecule has 2 amide bonds. The topological polar surface area (TPSA) is 62.7 Å². The van der Waals surface area contributed by atoms with E-state index in [2.05, 4.69) is 4.98 Å². The highest BCUT2D eigenvalue weighted by molar-refractivity contribution is 6.01. The van der Waals surface area contributed by atoms with E-state index in [1.54, 1.807) is 29.2 Å². The van der Waals surface area contributed by atoms with Crippen molar-refractivity contribution in [3.63, 3.8) is 0 Å². The molecular formula is C21H25N3O3. The van der Waals surface area contributed by atoms with Crippen LogP contribution in [0.4, 0.5) is 5.69 Å². The summed E-state index contributed by atoms with van der Waals surface area (Å²) < 4.78 is 5.63. The number of para-hydroxylation sites is 2. The Morgan fingerprint density at radius 2 is 2.00 bits per heavy atom. The number of carbonyl (C=O) groups excluding carboxylic acids is 2. The molecule has 1 aromatic carbocycles. The van der Waals surface area contributed by atoms with Crippen LogP contribution in [0.2, 0.25) is 0 Å². The lowest BCUT2D eigenvalue weighted by molar-refractivity contribution is -0.134. The number of rotatable bonds is 7. The van der Waals surface area contributed by atoms with Gasteiger partial charge in [-0.25, -0.2) is 0 Å². The maximum Gasteiger partial charge on any atom is 0.227 e. The van der Waals surface area contributed by atoms with Gasteiger partial charge in [0.05, 0.1) is 18.2 Å². The number of hydrogen-bond donors (Lipinski definition) is 0. The molecule has 3 rings (SSSR count). The van der Waals surface area contributed by atoms with E-state index in [1.165, 1.54) is 0 Å². The third-order valence-corrected chi connectivity index (χ3v) is 4.79. The number of carbonyl (C=O) groups is 2. The minimum Gasteiger partial charge on any atom is -0.492 e. The van der Waals surface area contributed by atoms with Crippen LogP contribution in [0.1, 0.15) is 18.9 Å². The summed E-state index contributed by atoms with van der Waals surface area (Å²) in [6, 6.07) is 11.4. The molecule has 1 aliphatic heterocycles. The number of benzene rings is 1. The molecule has 142 valence electrons. The highest BCUT2D eigenvalue weighted by Gasteiger charge is 2.37. The molecule has 0 saturated carbocycles. The number of hydrogen-bond acceptors (Lipinski definition) is 4. The number of aromatic nitrogens is 1. The lowest BCUT2D eigenvalue weighted by Crippen LogP contribution is -2.36. The average Bonchev–Trinajstić information content (AvgIpc) is 3.08. The van der Waals surface area contributed by atoms with Crippen LogP contribution in [-0.2, 0) is 16.0 Å². The van der Waals surface area contributed by atoms with Crippen molar-refractivity contribution in [2.75, 3.05) is 31.6 Å². The molecule has 2 aromatic rings. The second-order valence-electron chi connectivity index (χ2n) is 6.67. The van der Waals surface area contributed by atoms with Gasteiger partial charge in [-0.3, -0.25) is 14.6 Å². The first-order valence-corrected chi connectivity index (χ1v) is 9.26. The van der Waals surface area contributed by atoms with Gasteiger partial charge in [-0.1, -0.05) is 12.1 Å². The Balaban J connectivity index is 1.63. The molecule has 0 bridgehead atoms. The maximum absolute atomic E-state index is 12.8. The Labute approximate surface area is 159 Å². The fourth-order valence-electron chi connectivity index (χ4n) is 3.33. The van der Waals surface area contributed by atoms with Gasteiger partial charge in [0.1, 0.15) is 5.75 Å². The molecule has 1 aliphatic rings. The summed E-state index contributed by atoms with van der Waals surface area (Å²) >= 11 is 0. The minimum atomic E-state index is -0.324. The Bertz CT molecular complexity index is 794. The summed E-state index contributed by atoms with van der Waals surface area (Å²) in [4.78, 5) is 32.7. The zero-order chi connectivity index (χ0) is 19.2. The third-order valence-electron chi connectivity index (χ3n) is 4.79. The lowest BCUT2D eigenvalue weighted by Gasteiger charge is -2.22. The molecule has 0 aliphatic carbocycles. The first kappa shape index (κ1) is 18.9. The normalized spacial score (nSPS) is 16.4. The Morgan fingerprint density at radius 3 is 2.74 bits per heavy atom. The van der Waals surface area contributed by atoms with Crippen LogP contribution in [0.15, 0.2) is 48.8 Å². The van der Waals surface area contributed by atoms with Gasteiger partial charge in [0.15, 0.2) is 0 Å². The van der Waals surface area contributed by atoms with Gasteiger partial charge in [0.2, 0.25) is 11.8 Å². The number of ether oxygens (including phenoxy) is 1. The largest absolute Gasteiger partial charge is 0.492 e. The molecule has 0 radical (unpaired) electrons. The lowest BCUT2D eigenvalue weighted by atomic mass is 10.1. The zero-order valence-corrected chi connectivity index (χ0v) is 15.8. The Morgan fingerprint density at radius 1 is 1.26 bits per heavy atom. The highest BCUT2D eigenvalue weighted by Crippen LogP contribution is 2.33. The first-order chi connectivity index (χ1) is 13.1. The van der Waals surface area contributed by atoms with Crippen LogP contribution >= 0.6 is 0 Å². The van der Waals surface area contributed by atoms with E-state index in [0.717, 1.165) is 17.7 Å². The second-order valence-corrected chi connectivity index (χ2v) is 6.67. The van der Waals surface area contributed by atoms with E-state index < -0.39 is 0 Å². The number of pyridine rings is 1. The van der Waals surface area contributed by atoms with Gasteiger partial charge in [0.25, 0.3) is 0 Å². The molecule has 1 aromatic heterocycles. The number of anilines is 1. The number of amides is 2. The summed E-state index contributed by atoms with van der Waals surface area (Å²) in [6.07, 6.45) is 4.50. The summed E-state index contributed by atoms with van der Waals surface area (Å²) in [5, 5.41) is 0. The maximum atomic E-state index is 12.8. The van der Waals surface area contributed by atoms with Gasteiger partial charge in [-0.05, 0) is 43.2 Å². The second kappa shape index (κ2) is 8.66. The highest BCUT2D eigenvalue weighted by atomic mass is 16.5. The minimum absolute atomic E-state index is 0.00815. The molecule has 1 saturated heterocycles. The van der Waals surface area contributed by atoms with Crippen molar-refractivity contribution in [3.05, 3.63) is 54.4 Å². The fourth-order valence-corrected chi connectivity index (χ4v) is 3.33. The molecule has 1 fully saturated rings. The van der Waals surface area contributed by atoms with E-state index in [9.17, 15) is 9.59 Å². The van der Waals surface area contributed by atoms with E-state index in [4.69, 9.17) is 4.74 Å². The Hall–Kier alpha value is -2.89. The average molecular weight is 367 g/mol. The van der Waals surface area contributed by atoms with Crippen LogP contribution in [0.5, 0.6) is 5.75 Å². The van der Waals surface area contributed by atoms with Crippen molar-refractivity contribution in [1.82, 2.24) is 9.88 Å². The van der Waals surface area contributed by atoms with E-state index in [-0.39, 0.29) is 24.2 Å². The predicted molar refractivity (Wildman–Crippen MR) is 104 cm³/mol. The van der Waals surface area contributed by atoms with Crippen LogP contribution in [0.3, 0.4) is 0 Å². The van der Waals surface area contributed by atoms with Crippen LogP contribution in [-0.4, -0.2) is 48.4 Å². The van der Waals surface area contributed by atoms with Crippen molar-refractivity contribution in [2.45, 2.75) is 19.8 Å². The number of likely N-dealkylation sites (N-methyl/N-ethyl adjacent to an activating group) is 1. The molecule has 6 heteroatoms. The summed E-state index contributed by atoms with van der Waals surface area (Å²) in [5.41, 5.74) is 1.87. The van der Waals surface area contributed by atoms with Crippen molar-refractivity contribution >= 4 is 17.5 Å². The van der Waals surface area contributed by atoms with Gasteiger partial charge in [-0.2, -0.15) is 0 Å². The quantitative estimate of drug-likeness (QED) is 0.754. The molecular weight excluding hydrogens is 342 g/mol. The van der Waals surface area contributed by atoms with Crippen LogP contribution < -0.4 is 9.64 Å². The SMILES string of the molecule is CCOc1ccccc1N1CC(C(=O)N(C)CCc2ccncc2)CC1=O. The molecule has 2 heterocycles. The van der Waals surface area contributed by atoms with Gasteiger partial charge in [0, 0.05) is 39.0 Å². The molecule has 1 atom stereocenters. The molecule has 27 heavy (non-hydrogen) atoms. The fraction of sp³-hybridized carbons (Fsp3) is 0.381. The van der Waals surface area contributed by atoms with E-state index in [0.29, 0.717) is 25.4 Å². The van der Waals surface area contributed by atoms with Gasteiger partial charge >= 0.3 is 0 Å². The molecule has 0 spiro atoms. The van der Waals surface area contributed by atoms with Crippen LogP contribution in [0.25, 0.3) is 0 Å². The molecule has 6 nitrogen and oxygen atoms in total. The molecule has 1 unspecified atom stereocenters. The van der Waals surface area contributed by atoms with Crippen molar-refractivity contribution in [3.8, 4) is 5.75 Å².